The highest BCUT2D eigenvalue weighted by Crippen LogP contribution is 2.27. The van der Waals surface area contributed by atoms with E-state index < -0.39 is 0 Å². The number of benzene rings is 1. The zero-order valence-electron chi connectivity index (χ0n) is 11.9. The summed E-state index contributed by atoms with van der Waals surface area (Å²) in [6.45, 7) is 0. The third kappa shape index (κ3) is 3.50. The lowest BCUT2D eigenvalue weighted by Crippen LogP contribution is -2.20. The molecule has 0 radical (unpaired) electrons. The van der Waals surface area contributed by atoms with Crippen LogP contribution >= 0.6 is 0 Å². The standard InChI is InChI=1S/C15H20N2O3/c1-19-13-9-8-11(10-14(13)20-2)15(18)17-16-12-6-4-3-5-7-12/h8-10H,3-7H2,1-2H3,(H,17,18). The number of ether oxygens (including phenoxy) is 2. The number of rotatable bonds is 4. The summed E-state index contributed by atoms with van der Waals surface area (Å²) in [6.07, 6.45) is 5.52. The van der Waals surface area contributed by atoms with Crippen molar-refractivity contribution in [2.45, 2.75) is 32.1 Å². The Hall–Kier alpha value is -2.04. The van der Waals surface area contributed by atoms with Crippen molar-refractivity contribution in [3.05, 3.63) is 23.8 Å². The molecule has 2 rings (SSSR count). The van der Waals surface area contributed by atoms with Gasteiger partial charge in [-0.05, 0) is 43.9 Å². The summed E-state index contributed by atoms with van der Waals surface area (Å²) in [5.41, 5.74) is 4.19. The second-order valence-corrected chi connectivity index (χ2v) is 4.75. The molecule has 0 saturated heterocycles. The molecule has 1 amide bonds. The van der Waals surface area contributed by atoms with Gasteiger partial charge in [0.15, 0.2) is 11.5 Å². The molecule has 1 N–H and O–H groups in total. The highest BCUT2D eigenvalue weighted by molar-refractivity contribution is 5.96. The molecule has 0 bridgehead atoms. The van der Waals surface area contributed by atoms with Gasteiger partial charge in [0.25, 0.3) is 5.91 Å². The number of hydrogen-bond acceptors (Lipinski definition) is 4. The van der Waals surface area contributed by atoms with Crippen LogP contribution in [0.25, 0.3) is 0 Å². The average Bonchev–Trinajstić information content (AvgIpc) is 2.52. The molecule has 0 heterocycles. The molecule has 5 nitrogen and oxygen atoms in total. The molecule has 0 spiro atoms. The SMILES string of the molecule is COc1ccc(C(=O)NN=C2CCCCC2)cc1OC. The van der Waals surface area contributed by atoms with E-state index in [0.717, 1.165) is 31.4 Å². The van der Waals surface area contributed by atoms with Crippen LogP contribution in [0.2, 0.25) is 0 Å². The van der Waals surface area contributed by atoms with E-state index in [-0.39, 0.29) is 5.91 Å². The first-order chi connectivity index (χ1) is 9.74. The molecule has 1 aliphatic carbocycles. The van der Waals surface area contributed by atoms with Crippen LogP contribution in [0, 0.1) is 0 Å². The Balaban J connectivity index is 2.05. The number of methoxy groups -OCH3 is 2. The number of nitrogens with zero attached hydrogens (tertiary/aromatic N) is 1. The Kier molecular flexibility index (Phi) is 4.98. The summed E-state index contributed by atoms with van der Waals surface area (Å²) >= 11 is 0. The summed E-state index contributed by atoms with van der Waals surface area (Å²) in [5.74, 6) is 0.900. The predicted molar refractivity (Wildman–Crippen MR) is 77.5 cm³/mol. The van der Waals surface area contributed by atoms with E-state index in [1.54, 1.807) is 32.4 Å². The van der Waals surface area contributed by atoms with Gasteiger partial charge in [-0.3, -0.25) is 4.79 Å². The largest absolute Gasteiger partial charge is 0.493 e. The minimum absolute atomic E-state index is 0.232. The molecular weight excluding hydrogens is 256 g/mol. The fourth-order valence-electron chi connectivity index (χ4n) is 2.24. The van der Waals surface area contributed by atoms with Crippen molar-refractivity contribution in [2.24, 2.45) is 5.10 Å². The second-order valence-electron chi connectivity index (χ2n) is 4.75. The van der Waals surface area contributed by atoms with Gasteiger partial charge in [-0.25, -0.2) is 5.43 Å². The second kappa shape index (κ2) is 6.93. The third-order valence-electron chi connectivity index (χ3n) is 3.39. The molecule has 1 fully saturated rings. The summed E-state index contributed by atoms with van der Waals surface area (Å²) in [5, 5.41) is 4.20. The van der Waals surface area contributed by atoms with Crippen molar-refractivity contribution in [3.8, 4) is 11.5 Å². The number of nitrogens with one attached hydrogen (secondary N) is 1. The number of carbonyl (C=O) groups excluding carboxylic acids is 1. The predicted octanol–water partition coefficient (Wildman–Crippen LogP) is 2.75. The quantitative estimate of drug-likeness (QED) is 0.860. The van der Waals surface area contributed by atoms with E-state index in [1.807, 2.05) is 0 Å². The highest BCUT2D eigenvalue weighted by Gasteiger charge is 2.11. The molecule has 1 aliphatic rings. The van der Waals surface area contributed by atoms with Crippen LogP contribution < -0.4 is 14.9 Å². The first-order valence-electron chi connectivity index (χ1n) is 6.82. The van der Waals surface area contributed by atoms with E-state index in [9.17, 15) is 4.79 Å². The third-order valence-corrected chi connectivity index (χ3v) is 3.39. The monoisotopic (exact) mass is 276 g/mol. The first-order valence-corrected chi connectivity index (χ1v) is 6.82. The molecule has 0 unspecified atom stereocenters. The minimum atomic E-state index is -0.232. The molecule has 108 valence electrons. The molecule has 1 aromatic rings. The zero-order chi connectivity index (χ0) is 14.4. The van der Waals surface area contributed by atoms with Crippen LogP contribution in [-0.4, -0.2) is 25.8 Å². The number of hydrazone groups is 1. The van der Waals surface area contributed by atoms with Crippen LogP contribution in [0.15, 0.2) is 23.3 Å². The van der Waals surface area contributed by atoms with Crippen molar-refractivity contribution in [1.29, 1.82) is 0 Å². The Morgan fingerprint density at radius 3 is 2.45 bits per heavy atom. The van der Waals surface area contributed by atoms with Gasteiger partial charge in [-0.1, -0.05) is 6.42 Å². The van der Waals surface area contributed by atoms with Gasteiger partial charge in [0.05, 0.1) is 14.2 Å². The maximum Gasteiger partial charge on any atom is 0.271 e. The summed E-state index contributed by atoms with van der Waals surface area (Å²) < 4.78 is 10.3. The Bertz CT molecular complexity index is 504. The van der Waals surface area contributed by atoms with Crippen LogP contribution in [0.5, 0.6) is 11.5 Å². The topological polar surface area (TPSA) is 59.9 Å². The van der Waals surface area contributed by atoms with Gasteiger partial charge < -0.3 is 9.47 Å². The molecular formula is C15H20N2O3. The van der Waals surface area contributed by atoms with Gasteiger partial charge >= 0.3 is 0 Å². The van der Waals surface area contributed by atoms with Crippen LogP contribution in [0.4, 0.5) is 0 Å². The van der Waals surface area contributed by atoms with Gasteiger partial charge in [0.2, 0.25) is 0 Å². The van der Waals surface area contributed by atoms with Gasteiger partial charge in [-0.15, -0.1) is 0 Å². The van der Waals surface area contributed by atoms with E-state index in [0.29, 0.717) is 17.1 Å². The Morgan fingerprint density at radius 2 is 1.80 bits per heavy atom. The average molecular weight is 276 g/mol. The van der Waals surface area contributed by atoms with Crippen molar-refractivity contribution < 1.29 is 14.3 Å². The molecule has 20 heavy (non-hydrogen) atoms. The molecule has 1 aromatic carbocycles. The molecule has 1 saturated carbocycles. The maximum atomic E-state index is 12.0. The van der Waals surface area contributed by atoms with Gasteiger partial charge in [-0.2, -0.15) is 5.10 Å². The molecule has 0 aromatic heterocycles. The van der Waals surface area contributed by atoms with Gasteiger partial charge in [0.1, 0.15) is 0 Å². The summed E-state index contributed by atoms with van der Waals surface area (Å²) in [4.78, 5) is 12.0. The fourth-order valence-corrected chi connectivity index (χ4v) is 2.24. The Labute approximate surface area is 119 Å². The lowest BCUT2D eigenvalue weighted by molar-refractivity contribution is 0.0954. The van der Waals surface area contributed by atoms with Gasteiger partial charge in [0, 0.05) is 11.3 Å². The van der Waals surface area contributed by atoms with Crippen molar-refractivity contribution in [3.63, 3.8) is 0 Å². The fraction of sp³-hybridized carbons (Fsp3) is 0.467. The first kappa shape index (κ1) is 14.4. The molecule has 5 heteroatoms. The van der Waals surface area contributed by atoms with E-state index in [2.05, 4.69) is 10.5 Å². The number of hydrogen-bond donors (Lipinski definition) is 1. The summed E-state index contributed by atoms with van der Waals surface area (Å²) in [7, 11) is 3.11. The smallest absolute Gasteiger partial charge is 0.271 e. The number of amides is 1. The number of carbonyl (C=O) groups is 1. The normalized spacial score (nSPS) is 14.6. The summed E-state index contributed by atoms with van der Waals surface area (Å²) in [6, 6.07) is 5.05. The van der Waals surface area contributed by atoms with E-state index in [4.69, 9.17) is 9.47 Å². The Morgan fingerprint density at radius 1 is 1.10 bits per heavy atom. The van der Waals surface area contributed by atoms with Crippen molar-refractivity contribution in [2.75, 3.05) is 14.2 Å². The van der Waals surface area contributed by atoms with E-state index in [1.165, 1.54) is 6.42 Å². The maximum absolute atomic E-state index is 12.0. The van der Waals surface area contributed by atoms with Crippen molar-refractivity contribution in [1.82, 2.24) is 5.43 Å². The minimum Gasteiger partial charge on any atom is -0.493 e. The lowest BCUT2D eigenvalue weighted by Gasteiger charge is -2.12. The zero-order valence-corrected chi connectivity index (χ0v) is 11.9. The lowest BCUT2D eigenvalue weighted by atomic mass is 9.99. The molecule has 0 atom stereocenters. The van der Waals surface area contributed by atoms with Crippen LogP contribution in [-0.2, 0) is 0 Å². The van der Waals surface area contributed by atoms with Crippen molar-refractivity contribution >= 4 is 11.6 Å². The molecule has 0 aliphatic heterocycles. The van der Waals surface area contributed by atoms with E-state index >= 15 is 0 Å². The van der Waals surface area contributed by atoms with Crippen LogP contribution in [0.1, 0.15) is 42.5 Å². The van der Waals surface area contributed by atoms with Crippen LogP contribution in [0.3, 0.4) is 0 Å². The highest BCUT2D eigenvalue weighted by atomic mass is 16.5.